The van der Waals surface area contributed by atoms with E-state index < -0.39 is 6.04 Å². The molecular formula is C38H38ClN5O3S. The lowest BCUT2D eigenvalue weighted by Gasteiger charge is -2.29. The number of carbonyl (C=O) groups excluding carboxylic acids is 1. The number of hydrogen-bond donors (Lipinski definition) is 2. The molecule has 0 aliphatic carbocycles. The summed E-state index contributed by atoms with van der Waals surface area (Å²) in [5.74, 6) is 2.11. The molecule has 0 saturated heterocycles. The van der Waals surface area contributed by atoms with Crippen molar-refractivity contribution in [2.45, 2.75) is 58.2 Å². The topological polar surface area (TPSA) is 90.3 Å². The fourth-order valence-electron chi connectivity index (χ4n) is 5.71. The van der Waals surface area contributed by atoms with E-state index in [2.05, 4.69) is 35.8 Å². The maximum Gasteiger partial charge on any atom is 0.255 e. The summed E-state index contributed by atoms with van der Waals surface area (Å²) in [5, 5.41) is 12.7. The number of amides is 1. The van der Waals surface area contributed by atoms with Crippen molar-refractivity contribution in [3.63, 3.8) is 0 Å². The number of benzene rings is 4. The number of nitrogens with zero attached hydrogens (tertiary/aromatic N) is 3. The van der Waals surface area contributed by atoms with Crippen LogP contribution in [0, 0.1) is 20.8 Å². The molecule has 1 aromatic heterocycles. The maximum absolute atomic E-state index is 14.2. The highest BCUT2D eigenvalue weighted by Gasteiger charge is 2.35. The van der Waals surface area contributed by atoms with Crippen molar-refractivity contribution in [1.29, 1.82) is 0 Å². The highest BCUT2D eigenvalue weighted by atomic mass is 35.5. The first-order chi connectivity index (χ1) is 23.2. The molecule has 2 N–H and O–H groups in total. The van der Waals surface area contributed by atoms with Crippen LogP contribution in [0.4, 0.5) is 11.6 Å². The van der Waals surface area contributed by atoms with Gasteiger partial charge in [0.1, 0.15) is 12.6 Å². The Morgan fingerprint density at radius 3 is 2.44 bits per heavy atom. The van der Waals surface area contributed by atoms with Gasteiger partial charge in [-0.15, -0.1) is 5.10 Å². The second-order valence-corrected chi connectivity index (χ2v) is 13.1. The molecule has 0 saturated carbocycles. The third-order valence-corrected chi connectivity index (χ3v) is 9.51. The van der Waals surface area contributed by atoms with E-state index in [4.69, 9.17) is 31.2 Å². The monoisotopic (exact) mass is 679 g/mol. The molecule has 5 aromatic rings. The zero-order chi connectivity index (χ0) is 33.8. The van der Waals surface area contributed by atoms with Crippen LogP contribution >= 0.6 is 23.4 Å². The Balaban J connectivity index is 1.37. The first kappa shape index (κ1) is 33.2. The number of aromatic nitrogens is 3. The van der Waals surface area contributed by atoms with Crippen LogP contribution in [0.15, 0.2) is 101 Å². The first-order valence-electron chi connectivity index (χ1n) is 15.8. The van der Waals surface area contributed by atoms with E-state index in [1.165, 1.54) is 11.8 Å². The van der Waals surface area contributed by atoms with Crippen molar-refractivity contribution in [3.05, 3.63) is 135 Å². The van der Waals surface area contributed by atoms with E-state index in [9.17, 15) is 4.79 Å². The van der Waals surface area contributed by atoms with Crippen molar-refractivity contribution < 1.29 is 14.3 Å². The van der Waals surface area contributed by atoms with Crippen LogP contribution in [0.2, 0.25) is 5.02 Å². The summed E-state index contributed by atoms with van der Waals surface area (Å²) < 4.78 is 14.2. The van der Waals surface area contributed by atoms with Crippen LogP contribution in [0.1, 0.15) is 53.3 Å². The number of hydrogen-bond acceptors (Lipinski definition) is 7. The third-order valence-electron chi connectivity index (χ3n) is 8.25. The molecule has 6 rings (SSSR count). The lowest BCUT2D eigenvalue weighted by molar-refractivity contribution is -0.113. The Morgan fingerprint density at radius 1 is 0.917 bits per heavy atom. The Hall–Kier alpha value is -4.73. The second kappa shape index (κ2) is 14.6. The van der Waals surface area contributed by atoms with Gasteiger partial charge in [0, 0.05) is 22.2 Å². The summed E-state index contributed by atoms with van der Waals surface area (Å²) in [4.78, 5) is 19.0. The summed E-state index contributed by atoms with van der Waals surface area (Å²) in [6.45, 7) is 10.8. The highest BCUT2D eigenvalue weighted by molar-refractivity contribution is 7.98. The highest BCUT2D eigenvalue weighted by Crippen LogP contribution is 2.40. The van der Waals surface area contributed by atoms with Gasteiger partial charge in [-0.3, -0.25) is 4.79 Å². The van der Waals surface area contributed by atoms with Crippen molar-refractivity contribution in [2.75, 3.05) is 17.2 Å². The molecule has 8 nitrogen and oxygen atoms in total. The molecule has 48 heavy (non-hydrogen) atoms. The number of ether oxygens (including phenoxy) is 2. The van der Waals surface area contributed by atoms with E-state index in [1.807, 2.05) is 94.4 Å². The molecule has 0 spiro atoms. The number of allylic oxidation sites excluding steroid dienone is 1. The predicted molar refractivity (Wildman–Crippen MR) is 193 cm³/mol. The minimum absolute atomic E-state index is 0.235. The summed E-state index contributed by atoms with van der Waals surface area (Å²) in [6.07, 6.45) is 0. The molecule has 0 radical (unpaired) electrons. The Morgan fingerprint density at radius 2 is 1.69 bits per heavy atom. The SMILES string of the molecule is CCOc1cc(C2C(C(=O)Nc3ccc(C)cc3C)=C(C)Nc3nc(SCc4ccccc4Cl)nn32)ccc1OCc1ccccc1C. The fourth-order valence-corrected chi connectivity index (χ4v) is 6.82. The molecule has 1 unspecified atom stereocenters. The van der Waals surface area contributed by atoms with Gasteiger partial charge >= 0.3 is 0 Å². The number of nitrogens with one attached hydrogen (secondary N) is 2. The average Bonchev–Trinajstić information content (AvgIpc) is 3.47. The molecule has 4 aromatic carbocycles. The van der Waals surface area contributed by atoms with Crippen LogP contribution in [0.3, 0.4) is 0 Å². The van der Waals surface area contributed by atoms with Gasteiger partial charge in [0.2, 0.25) is 11.1 Å². The van der Waals surface area contributed by atoms with Crippen molar-refractivity contribution in [1.82, 2.24) is 14.8 Å². The van der Waals surface area contributed by atoms with Crippen LogP contribution in [-0.2, 0) is 17.2 Å². The normalized spacial score (nSPS) is 13.9. The summed E-state index contributed by atoms with van der Waals surface area (Å²) in [7, 11) is 0. The molecule has 1 atom stereocenters. The number of fused-ring (bicyclic) bond motifs is 1. The smallest absolute Gasteiger partial charge is 0.255 e. The predicted octanol–water partition coefficient (Wildman–Crippen LogP) is 9.05. The maximum atomic E-state index is 14.2. The van der Waals surface area contributed by atoms with Gasteiger partial charge in [0.25, 0.3) is 5.91 Å². The standard InChI is InChI=1S/C38H38ClN5O3S/c1-6-46-33-20-27(16-18-32(33)47-21-28-12-8-7-11-24(28)3)35-34(36(45)41-31-17-15-23(2)19-25(31)4)26(5)40-37-42-38(43-44(35)37)48-22-29-13-9-10-14-30(29)39/h7-20,35H,6,21-22H2,1-5H3,(H,41,45)(H,40,42,43). The summed E-state index contributed by atoms with van der Waals surface area (Å²) >= 11 is 7.91. The van der Waals surface area contributed by atoms with Crippen LogP contribution in [0.5, 0.6) is 11.5 Å². The zero-order valence-electron chi connectivity index (χ0n) is 27.6. The molecular weight excluding hydrogens is 642 g/mol. The van der Waals surface area contributed by atoms with Crippen molar-refractivity contribution >= 4 is 40.9 Å². The molecule has 0 fully saturated rings. The largest absolute Gasteiger partial charge is 0.490 e. The second-order valence-electron chi connectivity index (χ2n) is 11.7. The minimum atomic E-state index is -0.598. The number of rotatable bonds is 11. The van der Waals surface area contributed by atoms with Gasteiger partial charge in [-0.1, -0.05) is 89.6 Å². The van der Waals surface area contributed by atoms with Gasteiger partial charge in [0.05, 0.1) is 12.2 Å². The van der Waals surface area contributed by atoms with Crippen LogP contribution < -0.4 is 20.1 Å². The number of thioether (sulfide) groups is 1. The average molecular weight is 680 g/mol. The molecule has 0 bridgehead atoms. The molecule has 10 heteroatoms. The number of aryl methyl sites for hydroxylation is 3. The minimum Gasteiger partial charge on any atom is -0.490 e. The first-order valence-corrected chi connectivity index (χ1v) is 17.2. The Labute approximate surface area is 290 Å². The summed E-state index contributed by atoms with van der Waals surface area (Å²) in [5.41, 5.74) is 8.11. The van der Waals surface area contributed by atoms with Gasteiger partial charge in [-0.25, -0.2) is 4.68 Å². The molecule has 246 valence electrons. The number of carbonyl (C=O) groups is 1. The quantitative estimate of drug-likeness (QED) is 0.135. The lowest BCUT2D eigenvalue weighted by Crippen LogP contribution is -2.31. The van der Waals surface area contributed by atoms with Gasteiger partial charge < -0.3 is 20.1 Å². The third kappa shape index (κ3) is 7.22. The van der Waals surface area contributed by atoms with E-state index in [0.29, 0.717) is 57.9 Å². The van der Waals surface area contributed by atoms with Gasteiger partial charge in [-0.2, -0.15) is 4.98 Å². The molecule has 1 aliphatic heterocycles. The van der Waals surface area contributed by atoms with Crippen molar-refractivity contribution in [3.8, 4) is 11.5 Å². The van der Waals surface area contributed by atoms with E-state index in [0.717, 1.165) is 39.1 Å². The van der Waals surface area contributed by atoms with E-state index in [-0.39, 0.29) is 5.91 Å². The molecule has 2 heterocycles. The fraction of sp³-hybridized carbons (Fsp3) is 0.237. The zero-order valence-corrected chi connectivity index (χ0v) is 29.2. The number of anilines is 2. The Bertz CT molecular complexity index is 2010. The lowest BCUT2D eigenvalue weighted by atomic mass is 9.94. The summed E-state index contributed by atoms with van der Waals surface area (Å²) in [6, 6.07) is 27.1. The van der Waals surface area contributed by atoms with Crippen LogP contribution in [-0.4, -0.2) is 27.3 Å². The van der Waals surface area contributed by atoms with E-state index in [1.54, 1.807) is 4.68 Å². The Kier molecular flexibility index (Phi) is 10.1. The van der Waals surface area contributed by atoms with Gasteiger partial charge in [0.15, 0.2) is 11.5 Å². The molecule has 1 amide bonds. The van der Waals surface area contributed by atoms with Crippen molar-refractivity contribution in [2.24, 2.45) is 0 Å². The van der Waals surface area contributed by atoms with E-state index >= 15 is 0 Å². The number of halogens is 1. The molecule has 1 aliphatic rings. The van der Waals surface area contributed by atoms with Gasteiger partial charge in [-0.05, 0) is 86.7 Å². The van der Waals surface area contributed by atoms with Crippen LogP contribution in [0.25, 0.3) is 0 Å².